The molecule has 0 aliphatic carbocycles. The fourth-order valence-electron chi connectivity index (χ4n) is 2.43. The van der Waals surface area contributed by atoms with E-state index in [0.29, 0.717) is 16.3 Å². The maximum absolute atomic E-state index is 12.8. The van der Waals surface area contributed by atoms with E-state index in [1.807, 2.05) is 0 Å². The zero-order valence-electron chi connectivity index (χ0n) is 13.4. The standard InChI is InChI=1S/C18H12ClF3N2O2/c1-10-15(16(26-24-10)13-7-2-3-8-14(13)19)17(25)23-12-6-4-5-11(9-12)18(20,21)22/h2-9H,1H3,(H,23,25). The molecule has 0 fully saturated rings. The van der Waals surface area contributed by atoms with Gasteiger partial charge >= 0.3 is 6.18 Å². The second kappa shape index (κ2) is 6.84. The molecule has 0 aliphatic heterocycles. The molecule has 3 aromatic rings. The molecule has 0 atom stereocenters. The number of aromatic nitrogens is 1. The zero-order chi connectivity index (χ0) is 18.9. The largest absolute Gasteiger partial charge is 0.416 e. The Morgan fingerprint density at radius 3 is 2.58 bits per heavy atom. The van der Waals surface area contributed by atoms with Crippen LogP contribution in [0.15, 0.2) is 53.1 Å². The number of carbonyl (C=O) groups excluding carboxylic acids is 1. The highest BCUT2D eigenvalue weighted by Gasteiger charge is 2.31. The van der Waals surface area contributed by atoms with Crippen molar-refractivity contribution in [1.29, 1.82) is 0 Å². The number of halogens is 4. The summed E-state index contributed by atoms with van der Waals surface area (Å²) >= 11 is 6.13. The predicted octanol–water partition coefficient (Wildman–Crippen LogP) is 5.57. The van der Waals surface area contributed by atoms with E-state index < -0.39 is 17.6 Å². The Bertz CT molecular complexity index is 967. The third-order valence-electron chi connectivity index (χ3n) is 3.66. The fraction of sp³-hybridized carbons (Fsp3) is 0.111. The van der Waals surface area contributed by atoms with E-state index >= 15 is 0 Å². The molecule has 1 amide bonds. The number of nitrogens with zero attached hydrogens (tertiary/aromatic N) is 1. The van der Waals surface area contributed by atoms with Crippen molar-refractivity contribution >= 4 is 23.2 Å². The number of amides is 1. The minimum absolute atomic E-state index is 0.00975. The lowest BCUT2D eigenvalue weighted by atomic mass is 10.1. The van der Waals surface area contributed by atoms with Gasteiger partial charge in [-0.15, -0.1) is 0 Å². The van der Waals surface area contributed by atoms with Gasteiger partial charge in [-0.1, -0.05) is 35.0 Å². The first-order valence-electron chi connectivity index (χ1n) is 7.47. The summed E-state index contributed by atoms with van der Waals surface area (Å²) in [6.07, 6.45) is -4.50. The summed E-state index contributed by atoms with van der Waals surface area (Å²) in [6.45, 7) is 1.56. The average molecular weight is 381 g/mol. The Labute approximate surface area is 151 Å². The summed E-state index contributed by atoms with van der Waals surface area (Å²) in [6, 6.07) is 11.1. The van der Waals surface area contributed by atoms with E-state index in [0.717, 1.165) is 12.1 Å². The molecule has 0 bridgehead atoms. The van der Waals surface area contributed by atoms with Crippen molar-refractivity contribution in [1.82, 2.24) is 5.16 Å². The summed E-state index contributed by atoms with van der Waals surface area (Å²) in [4.78, 5) is 12.6. The SMILES string of the molecule is Cc1noc(-c2ccccc2Cl)c1C(=O)Nc1cccc(C(F)(F)F)c1. The van der Waals surface area contributed by atoms with Gasteiger partial charge in [0, 0.05) is 11.3 Å². The molecule has 1 aromatic heterocycles. The summed E-state index contributed by atoms with van der Waals surface area (Å²) in [7, 11) is 0. The van der Waals surface area contributed by atoms with Crippen LogP contribution in [0, 0.1) is 6.92 Å². The van der Waals surface area contributed by atoms with Crippen LogP contribution in [0.1, 0.15) is 21.6 Å². The molecule has 0 spiro atoms. The lowest BCUT2D eigenvalue weighted by Crippen LogP contribution is -2.14. The maximum Gasteiger partial charge on any atom is 0.416 e. The average Bonchev–Trinajstić information content (AvgIpc) is 2.96. The van der Waals surface area contributed by atoms with Crippen LogP contribution < -0.4 is 5.32 Å². The van der Waals surface area contributed by atoms with E-state index in [1.165, 1.54) is 12.1 Å². The molecular weight excluding hydrogens is 369 g/mol. The summed E-state index contributed by atoms with van der Waals surface area (Å²) in [5.41, 5.74) is 0.0167. The number of nitrogens with one attached hydrogen (secondary N) is 1. The molecule has 0 unspecified atom stereocenters. The molecule has 0 aliphatic rings. The Morgan fingerprint density at radius 1 is 1.15 bits per heavy atom. The van der Waals surface area contributed by atoms with E-state index in [4.69, 9.17) is 16.1 Å². The van der Waals surface area contributed by atoms with E-state index in [1.54, 1.807) is 31.2 Å². The predicted molar refractivity (Wildman–Crippen MR) is 91.1 cm³/mol. The normalized spacial score (nSPS) is 11.4. The number of aryl methyl sites for hydroxylation is 1. The quantitative estimate of drug-likeness (QED) is 0.645. The highest BCUT2D eigenvalue weighted by atomic mass is 35.5. The van der Waals surface area contributed by atoms with Gasteiger partial charge in [-0.25, -0.2) is 0 Å². The summed E-state index contributed by atoms with van der Waals surface area (Å²) < 4.78 is 43.7. The highest BCUT2D eigenvalue weighted by Crippen LogP contribution is 2.33. The van der Waals surface area contributed by atoms with Crippen molar-refractivity contribution in [3.05, 3.63) is 70.4 Å². The molecule has 2 aromatic carbocycles. The number of hydrogen-bond acceptors (Lipinski definition) is 3. The van der Waals surface area contributed by atoms with Crippen molar-refractivity contribution in [3.8, 4) is 11.3 Å². The Hall–Kier alpha value is -2.80. The van der Waals surface area contributed by atoms with Gasteiger partial charge in [-0.3, -0.25) is 4.79 Å². The summed E-state index contributed by atoms with van der Waals surface area (Å²) in [5.74, 6) is -0.490. The van der Waals surface area contributed by atoms with E-state index in [-0.39, 0.29) is 17.0 Å². The number of anilines is 1. The highest BCUT2D eigenvalue weighted by molar-refractivity contribution is 6.33. The van der Waals surface area contributed by atoms with Crippen molar-refractivity contribution in [2.75, 3.05) is 5.32 Å². The first kappa shape index (κ1) is 18.0. The minimum atomic E-state index is -4.50. The lowest BCUT2D eigenvalue weighted by molar-refractivity contribution is -0.137. The second-order valence-electron chi connectivity index (χ2n) is 5.48. The molecule has 1 heterocycles. The van der Waals surface area contributed by atoms with Crippen molar-refractivity contribution in [3.63, 3.8) is 0 Å². The van der Waals surface area contributed by atoms with E-state index in [2.05, 4.69) is 10.5 Å². The van der Waals surface area contributed by atoms with Crippen LogP contribution in [0.2, 0.25) is 5.02 Å². The van der Waals surface area contributed by atoms with E-state index in [9.17, 15) is 18.0 Å². The van der Waals surface area contributed by atoms with Gasteiger partial charge in [0.25, 0.3) is 5.91 Å². The maximum atomic E-state index is 12.8. The van der Waals surface area contributed by atoms with Gasteiger partial charge < -0.3 is 9.84 Å². The van der Waals surface area contributed by atoms with Gasteiger partial charge in [-0.2, -0.15) is 13.2 Å². The first-order valence-corrected chi connectivity index (χ1v) is 7.85. The number of alkyl halides is 3. The summed E-state index contributed by atoms with van der Waals surface area (Å²) in [5, 5.41) is 6.58. The molecule has 3 rings (SSSR count). The molecule has 0 radical (unpaired) electrons. The van der Waals surface area contributed by atoms with Crippen LogP contribution in [-0.4, -0.2) is 11.1 Å². The molecular formula is C18H12ClF3N2O2. The molecule has 1 N–H and O–H groups in total. The molecule has 134 valence electrons. The number of hydrogen-bond donors (Lipinski definition) is 1. The Morgan fingerprint density at radius 2 is 1.88 bits per heavy atom. The van der Waals surface area contributed by atoms with Crippen LogP contribution in [0.4, 0.5) is 18.9 Å². The zero-order valence-corrected chi connectivity index (χ0v) is 14.2. The first-order chi connectivity index (χ1) is 12.3. The lowest BCUT2D eigenvalue weighted by Gasteiger charge is -2.10. The van der Waals surface area contributed by atoms with Crippen molar-refractivity contribution < 1.29 is 22.5 Å². The van der Waals surface area contributed by atoms with Crippen LogP contribution >= 0.6 is 11.6 Å². The van der Waals surface area contributed by atoms with Crippen LogP contribution in [0.25, 0.3) is 11.3 Å². The molecule has 0 saturated carbocycles. The minimum Gasteiger partial charge on any atom is -0.355 e. The van der Waals surface area contributed by atoms with Gasteiger partial charge in [0.1, 0.15) is 5.56 Å². The number of carbonyl (C=O) groups is 1. The number of benzene rings is 2. The van der Waals surface area contributed by atoms with Gasteiger partial charge in [0.2, 0.25) is 0 Å². The smallest absolute Gasteiger partial charge is 0.355 e. The van der Waals surface area contributed by atoms with Crippen LogP contribution in [0.5, 0.6) is 0 Å². The van der Waals surface area contributed by atoms with Crippen molar-refractivity contribution in [2.24, 2.45) is 0 Å². The third-order valence-corrected chi connectivity index (χ3v) is 3.99. The monoisotopic (exact) mass is 380 g/mol. The van der Waals surface area contributed by atoms with Crippen molar-refractivity contribution in [2.45, 2.75) is 13.1 Å². The number of rotatable bonds is 3. The van der Waals surface area contributed by atoms with Gasteiger partial charge in [0.05, 0.1) is 16.3 Å². The second-order valence-corrected chi connectivity index (χ2v) is 5.89. The molecule has 8 heteroatoms. The molecule has 4 nitrogen and oxygen atoms in total. The Balaban J connectivity index is 1.95. The Kier molecular flexibility index (Phi) is 4.73. The fourth-order valence-corrected chi connectivity index (χ4v) is 2.65. The van der Waals surface area contributed by atoms with Crippen LogP contribution in [0.3, 0.4) is 0 Å². The van der Waals surface area contributed by atoms with Crippen LogP contribution in [-0.2, 0) is 6.18 Å². The van der Waals surface area contributed by atoms with Gasteiger partial charge in [0.15, 0.2) is 5.76 Å². The third kappa shape index (κ3) is 3.57. The molecule has 26 heavy (non-hydrogen) atoms. The molecule has 0 saturated heterocycles. The topological polar surface area (TPSA) is 55.1 Å². The van der Waals surface area contributed by atoms with Gasteiger partial charge in [-0.05, 0) is 37.3 Å².